The van der Waals surface area contributed by atoms with Gasteiger partial charge in [-0.1, -0.05) is 101 Å². The van der Waals surface area contributed by atoms with E-state index >= 15 is 0 Å². The van der Waals surface area contributed by atoms with Gasteiger partial charge in [-0.3, -0.25) is 4.79 Å². The minimum absolute atomic E-state index is 0.131. The average Bonchev–Trinajstić information content (AvgIpc) is 2.62. The molecule has 1 atom stereocenters. The van der Waals surface area contributed by atoms with Crippen LogP contribution in [0.15, 0.2) is 30.3 Å². The predicted octanol–water partition coefficient (Wildman–Crippen LogP) is 6.36. The van der Waals surface area contributed by atoms with Crippen LogP contribution in [0.4, 0.5) is 0 Å². The number of unbranched alkanes of at least 4 members (excludes halogenated alkanes) is 9. The number of benzene rings is 1. The second-order valence-electron chi connectivity index (χ2n) is 7.66. The summed E-state index contributed by atoms with van der Waals surface area (Å²) < 4.78 is 0. The molecule has 1 unspecified atom stereocenters. The smallest absolute Gasteiger partial charge is 0.167 e. The number of carbonyl (C=O) groups is 1. The van der Waals surface area contributed by atoms with E-state index in [1.165, 1.54) is 64.2 Å². The molecule has 0 aliphatic rings. The van der Waals surface area contributed by atoms with E-state index in [-0.39, 0.29) is 5.92 Å². The SMILES string of the molecule is CCCCCCCCCCCCC(CN(C)C)C(=O)c1ccccc1. The maximum atomic E-state index is 12.7. The number of nitrogens with zero attached hydrogens (tertiary/aromatic N) is 1. The van der Waals surface area contributed by atoms with Crippen LogP contribution < -0.4 is 0 Å². The van der Waals surface area contributed by atoms with Gasteiger partial charge in [0, 0.05) is 18.0 Å². The molecule has 142 valence electrons. The number of Topliss-reactive ketones (excluding diaryl/α,β-unsaturated/α-hetero) is 1. The fourth-order valence-electron chi connectivity index (χ4n) is 3.46. The van der Waals surface area contributed by atoms with Gasteiger partial charge in [-0.25, -0.2) is 0 Å². The Morgan fingerprint density at radius 2 is 1.36 bits per heavy atom. The highest BCUT2D eigenvalue weighted by molar-refractivity contribution is 5.97. The van der Waals surface area contributed by atoms with Gasteiger partial charge in [0.25, 0.3) is 0 Å². The molecular weight excluding hydrogens is 306 g/mol. The lowest BCUT2D eigenvalue weighted by atomic mass is 9.91. The van der Waals surface area contributed by atoms with Crippen LogP contribution in [0.5, 0.6) is 0 Å². The van der Waals surface area contributed by atoms with E-state index in [4.69, 9.17) is 0 Å². The van der Waals surface area contributed by atoms with E-state index in [0.29, 0.717) is 5.78 Å². The van der Waals surface area contributed by atoms with Crippen molar-refractivity contribution in [1.29, 1.82) is 0 Å². The molecule has 0 fully saturated rings. The van der Waals surface area contributed by atoms with Crippen LogP contribution in [0.2, 0.25) is 0 Å². The molecule has 0 heterocycles. The molecule has 1 rings (SSSR count). The number of rotatable bonds is 15. The first-order valence-electron chi connectivity index (χ1n) is 10.4. The lowest BCUT2D eigenvalue weighted by Gasteiger charge is -2.20. The zero-order chi connectivity index (χ0) is 18.3. The van der Waals surface area contributed by atoms with Gasteiger partial charge in [-0.15, -0.1) is 0 Å². The van der Waals surface area contributed by atoms with Crippen molar-refractivity contribution in [3.63, 3.8) is 0 Å². The summed E-state index contributed by atoms with van der Waals surface area (Å²) in [5.74, 6) is 0.441. The lowest BCUT2D eigenvalue weighted by Crippen LogP contribution is -2.28. The first-order chi connectivity index (χ1) is 12.1. The summed E-state index contributed by atoms with van der Waals surface area (Å²) in [6.45, 7) is 3.12. The molecule has 0 saturated heterocycles. The molecule has 0 spiro atoms. The van der Waals surface area contributed by atoms with Crippen LogP contribution in [-0.4, -0.2) is 31.3 Å². The van der Waals surface area contributed by atoms with E-state index in [1.54, 1.807) is 0 Å². The third-order valence-electron chi connectivity index (χ3n) is 4.92. The van der Waals surface area contributed by atoms with Crippen LogP contribution in [-0.2, 0) is 0 Å². The summed E-state index contributed by atoms with van der Waals surface area (Å²) in [6.07, 6.45) is 14.5. The van der Waals surface area contributed by atoms with Crippen LogP contribution in [0, 0.1) is 5.92 Å². The normalized spacial score (nSPS) is 12.5. The molecule has 0 radical (unpaired) electrons. The fourth-order valence-corrected chi connectivity index (χ4v) is 3.46. The van der Waals surface area contributed by atoms with Crippen molar-refractivity contribution in [2.75, 3.05) is 20.6 Å². The Balaban J connectivity index is 2.22. The van der Waals surface area contributed by atoms with Crippen molar-refractivity contribution in [2.45, 2.75) is 77.6 Å². The van der Waals surface area contributed by atoms with Gasteiger partial charge in [-0.05, 0) is 20.5 Å². The highest BCUT2D eigenvalue weighted by Gasteiger charge is 2.20. The van der Waals surface area contributed by atoms with Crippen molar-refractivity contribution >= 4 is 5.78 Å². The quantitative estimate of drug-likeness (QED) is 0.272. The number of ketones is 1. The minimum atomic E-state index is 0.131. The van der Waals surface area contributed by atoms with Gasteiger partial charge in [0.05, 0.1) is 0 Å². The highest BCUT2D eigenvalue weighted by atomic mass is 16.1. The van der Waals surface area contributed by atoms with Crippen LogP contribution in [0.25, 0.3) is 0 Å². The monoisotopic (exact) mass is 345 g/mol. The Kier molecular flexibility index (Phi) is 12.3. The van der Waals surface area contributed by atoms with Crippen LogP contribution >= 0.6 is 0 Å². The molecule has 2 nitrogen and oxygen atoms in total. The molecule has 0 amide bonds. The highest BCUT2D eigenvalue weighted by Crippen LogP contribution is 2.18. The third-order valence-corrected chi connectivity index (χ3v) is 4.92. The van der Waals surface area contributed by atoms with Gasteiger partial charge >= 0.3 is 0 Å². The summed E-state index contributed by atoms with van der Waals surface area (Å²) in [7, 11) is 4.12. The van der Waals surface area contributed by atoms with Crippen molar-refractivity contribution in [1.82, 2.24) is 4.90 Å². The van der Waals surface area contributed by atoms with Gasteiger partial charge < -0.3 is 4.90 Å². The van der Waals surface area contributed by atoms with Crippen LogP contribution in [0.3, 0.4) is 0 Å². The largest absolute Gasteiger partial charge is 0.309 e. The lowest BCUT2D eigenvalue weighted by molar-refractivity contribution is 0.0887. The Labute approximate surface area is 156 Å². The Hall–Kier alpha value is -1.15. The first kappa shape index (κ1) is 21.9. The van der Waals surface area contributed by atoms with E-state index in [9.17, 15) is 4.79 Å². The maximum absolute atomic E-state index is 12.7. The molecule has 0 saturated carbocycles. The van der Waals surface area contributed by atoms with Crippen molar-refractivity contribution in [2.24, 2.45) is 5.92 Å². The molecule has 0 aromatic heterocycles. The Morgan fingerprint density at radius 3 is 1.88 bits per heavy atom. The molecule has 0 aliphatic heterocycles. The van der Waals surface area contributed by atoms with Crippen molar-refractivity contribution < 1.29 is 4.79 Å². The number of carbonyl (C=O) groups excluding carboxylic acids is 1. The Morgan fingerprint density at radius 1 is 0.840 bits per heavy atom. The van der Waals surface area contributed by atoms with E-state index in [0.717, 1.165) is 18.5 Å². The fraction of sp³-hybridized carbons (Fsp3) is 0.696. The average molecular weight is 346 g/mol. The standard InChI is InChI=1S/C23H39NO/c1-4-5-6-7-8-9-10-11-12-14-19-22(20-24(2)3)23(25)21-17-15-13-16-18-21/h13,15-18,22H,4-12,14,19-20H2,1-3H3. The Bertz CT molecular complexity index is 441. The molecular formula is C23H39NO. The molecule has 0 aliphatic carbocycles. The predicted molar refractivity (Wildman–Crippen MR) is 109 cm³/mol. The maximum Gasteiger partial charge on any atom is 0.167 e. The first-order valence-corrected chi connectivity index (χ1v) is 10.4. The molecule has 25 heavy (non-hydrogen) atoms. The summed E-state index contributed by atoms with van der Waals surface area (Å²) in [5.41, 5.74) is 0.862. The van der Waals surface area contributed by atoms with Gasteiger partial charge in [-0.2, -0.15) is 0 Å². The zero-order valence-electron chi connectivity index (χ0n) is 16.8. The second-order valence-corrected chi connectivity index (χ2v) is 7.66. The summed E-state index contributed by atoms with van der Waals surface area (Å²) in [6, 6.07) is 9.79. The van der Waals surface area contributed by atoms with E-state index in [2.05, 4.69) is 25.9 Å². The minimum Gasteiger partial charge on any atom is -0.309 e. The molecule has 1 aromatic carbocycles. The molecule has 1 aromatic rings. The van der Waals surface area contributed by atoms with Gasteiger partial charge in [0.15, 0.2) is 5.78 Å². The topological polar surface area (TPSA) is 20.3 Å². The zero-order valence-corrected chi connectivity index (χ0v) is 16.8. The summed E-state index contributed by atoms with van der Waals surface area (Å²) >= 11 is 0. The van der Waals surface area contributed by atoms with Gasteiger partial charge in [0.2, 0.25) is 0 Å². The van der Waals surface area contributed by atoms with Crippen molar-refractivity contribution in [3.8, 4) is 0 Å². The van der Waals surface area contributed by atoms with E-state index in [1.807, 2.05) is 30.3 Å². The molecule has 0 bridgehead atoms. The van der Waals surface area contributed by atoms with E-state index < -0.39 is 0 Å². The van der Waals surface area contributed by atoms with Crippen molar-refractivity contribution in [3.05, 3.63) is 35.9 Å². The number of hydrogen-bond donors (Lipinski definition) is 0. The number of hydrogen-bond acceptors (Lipinski definition) is 2. The van der Waals surface area contributed by atoms with Gasteiger partial charge in [0.1, 0.15) is 0 Å². The summed E-state index contributed by atoms with van der Waals surface area (Å²) in [5, 5.41) is 0. The second kappa shape index (κ2) is 14.1. The van der Waals surface area contributed by atoms with Crippen LogP contribution in [0.1, 0.15) is 87.9 Å². The summed E-state index contributed by atoms with van der Waals surface area (Å²) in [4.78, 5) is 14.9. The molecule has 0 N–H and O–H groups in total. The molecule has 2 heteroatoms. The third kappa shape index (κ3) is 10.4.